The van der Waals surface area contributed by atoms with Crippen LogP contribution in [0.4, 0.5) is 0 Å². The van der Waals surface area contributed by atoms with E-state index in [4.69, 9.17) is 4.74 Å². The molecule has 4 rings (SSSR count). The summed E-state index contributed by atoms with van der Waals surface area (Å²) in [5, 5.41) is 17.8. The molecule has 25 heavy (non-hydrogen) atoms. The maximum Gasteiger partial charge on any atom is 0.255 e. The summed E-state index contributed by atoms with van der Waals surface area (Å²) < 4.78 is 7.34. The van der Waals surface area contributed by atoms with Crippen molar-refractivity contribution in [2.75, 3.05) is 13.2 Å². The Bertz CT molecular complexity index is 780. The smallest absolute Gasteiger partial charge is 0.255 e. The summed E-state index contributed by atoms with van der Waals surface area (Å²) in [7, 11) is 0. The number of nitrogens with one attached hydrogen (secondary N) is 1. The number of amides is 1. The number of carbonyl (C=O) groups excluding carboxylic acids is 1. The van der Waals surface area contributed by atoms with E-state index in [1.165, 1.54) is 0 Å². The largest absolute Gasteiger partial charge is 0.390 e. The molecule has 1 saturated heterocycles. The van der Waals surface area contributed by atoms with Crippen LogP contribution in [-0.4, -0.2) is 40.1 Å². The number of ether oxygens (including phenoxy) is 1. The Kier molecular flexibility index (Phi) is 4.31. The number of aliphatic hydroxyl groups excluding tert-OH is 1. The molecule has 0 radical (unpaired) electrons. The molecule has 1 amide bonds. The normalized spacial score (nSPS) is 23.4. The second-order valence-electron chi connectivity index (χ2n) is 6.85. The van der Waals surface area contributed by atoms with Crippen molar-refractivity contribution in [1.82, 2.24) is 15.1 Å². The molecule has 2 unspecified atom stereocenters. The summed E-state index contributed by atoms with van der Waals surface area (Å²) in [5.41, 5.74) is 3.53. The lowest BCUT2D eigenvalue weighted by Gasteiger charge is -2.23. The molecule has 2 heterocycles. The minimum atomic E-state index is -0.591. The van der Waals surface area contributed by atoms with E-state index in [0.717, 1.165) is 42.9 Å². The van der Waals surface area contributed by atoms with E-state index >= 15 is 0 Å². The van der Waals surface area contributed by atoms with E-state index in [1.807, 2.05) is 35.9 Å². The molecule has 1 fully saturated rings. The Morgan fingerprint density at radius 1 is 1.32 bits per heavy atom. The van der Waals surface area contributed by atoms with Crippen LogP contribution in [0.5, 0.6) is 0 Å². The van der Waals surface area contributed by atoms with Gasteiger partial charge in [-0.1, -0.05) is 24.3 Å². The van der Waals surface area contributed by atoms with Gasteiger partial charge < -0.3 is 15.2 Å². The third-order valence-corrected chi connectivity index (χ3v) is 5.32. The molecule has 1 aromatic heterocycles. The summed E-state index contributed by atoms with van der Waals surface area (Å²) in [4.78, 5) is 12.8. The van der Waals surface area contributed by atoms with Gasteiger partial charge in [0, 0.05) is 25.3 Å². The SMILES string of the molecule is Cc1c(C(=O)NC2c3ccccc3CC2O)cnn1C1CCOCC1. The highest BCUT2D eigenvalue weighted by molar-refractivity contribution is 5.95. The molecular weight excluding hydrogens is 318 g/mol. The van der Waals surface area contributed by atoms with Crippen molar-refractivity contribution in [2.45, 2.75) is 44.4 Å². The molecule has 0 bridgehead atoms. The number of rotatable bonds is 3. The zero-order valence-electron chi connectivity index (χ0n) is 14.3. The highest BCUT2D eigenvalue weighted by Crippen LogP contribution is 2.31. The quantitative estimate of drug-likeness (QED) is 0.894. The molecule has 2 atom stereocenters. The minimum absolute atomic E-state index is 0.184. The van der Waals surface area contributed by atoms with Gasteiger partial charge in [0.2, 0.25) is 0 Å². The van der Waals surface area contributed by atoms with Gasteiger partial charge in [-0.25, -0.2) is 0 Å². The van der Waals surface area contributed by atoms with Crippen LogP contribution in [-0.2, 0) is 11.2 Å². The number of fused-ring (bicyclic) bond motifs is 1. The Labute approximate surface area is 146 Å². The van der Waals surface area contributed by atoms with Crippen LogP contribution in [0.25, 0.3) is 0 Å². The molecule has 6 nitrogen and oxygen atoms in total. The van der Waals surface area contributed by atoms with E-state index in [1.54, 1.807) is 6.20 Å². The Morgan fingerprint density at radius 2 is 2.08 bits per heavy atom. The number of aliphatic hydroxyl groups is 1. The van der Waals surface area contributed by atoms with Crippen molar-refractivity contribution in [3.05, 3.63) is 52.8 Å². The molecular formula is C19H23N3O3. The number of hydrogen-bond acceptors (Lipinski definition) is 4. The number of aromatic nitrogens is 2. The van der Waals surface area contributed by atoms with Gasteiger partial charge in [-0.15, -0.1) is 0 Å². The fourth-order valence-electron chi connectivity index (χ4n) is 3.91. The number of benzene rings is 1. The first kappa shape index (κ1) is 16.3. The van der Waals surface area contributed by atoms with Crippen molar-refractivity contribution in [3.8, 4) is 0 Å². The number of nitrogens with zero attached hydrogens (tertiary/aromatic N) is 2. The molecule has 132 valence electrons. The zero-order chi connectivity index (χ0) is 17.4. The summed E-state index contributed by atoms with van der Waals surface area (Å²) in [6.45, 7) is 3.39. The number of carbonyl (C=O) groups is 1. The van der Waals surface area contributed by atoms with Gasteiger partial charge in [-0.05, 0) is 30.9 Å². The van der Waals surface area contributed by atoms with Crippen molar-refractivity contribution in [2.24, 2.45) is 0 Å². The van der Waals surface area contributed by atoms with Crippen molar-refractivity contribution < 1.29 is 14.6 Å². The van der Waals surface area contributed by atoms with Crippen LogP contribution in [0.2, 0.25) is 0 Å². The monoisotopic (exact) mass is 341 g/mol. The topological polar surface area (TPSA) is 76.4 Å². The van der Waals surface area contributed by atoms with E-state index in [9.17, 15) is 9.90 Å². The fourth-order valence-corrected chi connectivity index (χ4v) is 3.91. The summed E-state index contributed by atoms with van der Waals surface area (Å²) in [6, 6.07) is 7.78. The lowest BCUT2D eigenvalue weighted by molar-refractivity contribution is 0.0656. The summed E-state index contributed by atoms with van der Waals surface area (Å²) >= 11 is 0. The van der Waals surface area contributed by atoms with E-state index in [-0.39, 0.29) is 18.0 Å². The first-order valence-electron chi connectivity index (χ1n) is 8.83. The minimum Gasteiger partial charge on any atom is -0.390 e. The van der Waals surface area contributed by atoms with Gasteiger partial charge in [0.05, 0.1) is 29.9 Å². The highest BCUT2D eigenvalue weighted by Gasteiger charge is 2.33. The second-order valence-corrected chi connectivity index (χ2v) is 6.85. The lowest BCUT2D eigenvalue weighted by Crippen LogP contribution is -2.34. The van der Waals surface area contributed by atoms with E-state index < -0.39 is 6.10 Å². The lowest BCUT2D eigenvalue weighted by atomic mass is 10.1. The van der Waals surface area contributed by atoms with Gasteiger partial charge in [0.15, 0.2) is 0 Å². The predicted molar refractivity (Wildman–Crippen MR) is 92.4 cm³/mol. The van der Waals surface area contributed by atoms with Crippen molar-refractivity contribution in [3.63, 3.8) is 0 Å². The maximum atomic E-state index is 12.8. The number of hydrogen-bond donors (Lipinski definition) is 2. The van der Waals surface area contributed by atoms with Crippen LogP contribution in [0.15, 0.2) is 30.5 Å². The Hall–Kier alpha value is -2.18. The van der Waals surface area contributed by atoms with Crippen LogP contribution >= 0.6 is 0 Å². The van der Waals surface area contributed by atoms with Crippen molar-refractivity contribution >= 4 is 5.91 Å². The van der Waals surface area contributed by atoms with E-state index in [0.29, 0.717) is 12.0 Å². The Morgan fingerprint density at radius 3 is 2.88 bits per heavy atom. The molecule has 1 aromatic carbocycles. The van der Waals surface area contributed by atoms with Crippen molar-refractivity contribution in [1.29, 1.82) is 0 Å². The van der Waals surface area contributed by atoms with Crippen LogP contribution < -0.4 is 5.32 Å². The van der Waals surface area contributed by atoms with Gasteiger partial charge in [-0.2, -0.15) is 5.10 Å². The second kappa shape index (κ2) is 6.61. The van der Waals surface area contributed by atoms with Gasteiger partial charge >= 0.3 is 0 Å². The van der Waals surface area contributed by atoms with E-state index in [2.05, 4.69) is 10.4 Å². The molecule has 2 aliphatic rings. The molecule has 1 aliphatic heterocycles. The average molecular weight is 341 g/mol. The third kappa shape index (κ3) is 2.96. The van der Waals surface area contributed by atoms with Crippen LogP contribution in [0.3, 0.4) is 0 Å². The highest BCUT2D eigenvalue weighted by atomic mass is 16.5. The summed E-state index contributed by atoms with van der Waals surface area (Å²) in [6.07, 6.45) is 3.44. The standard InChI is InChI=1S/C19H23N3O3/c1-12-16(11-20-22(12)14-6-8-25-9-7-14)19(24)21-18-15-5-3-2-4-13(15)10-17(18)23/h2-5,11,14,17-18,23H,6-10H2,1H3,(H,21,24). The summed E-state index contributed by atoms with van der Waals surface area (Å²) in [5.74, 6) is -0.184. The van der Waals surface area contributed by atoms with Crippen LogP contribution in [0, 0.1) is 6.92 Å². The van der Waals surface area contributed by atoms with Gasteiger partial charge in [0.25, 0.3) is 5.91 Å². The maximum absolute atomic E-state index is 12.8. The first-order valence-corrected chi connectivity index (χ1v) is 8.83. The molecule has 6 heteroatoms. The third-order valence-electron chi connectivity index (χ3n) is 5.32. The van der Waals surface area contributed by atoms with Gasteiger partial charge in [-0.3, -0.25) is 9.48 Å². The van der Waals surface area contributed by atoms with Crippen LogP contribution in [0.1, 0.15) is 52.1 Å². The zero-order valence-corrected chi connectivity index (χ0v) is 14.3. The molecule has 0 spiro atoms. The predicted octanol–water partition coefficient (Wildman–Crippen LogP) is 1.93. The molecule has 0 saturated carbocycles. The molecule has 1 aliphatic carbocycles. The fraction of sp³-hybridized carbons (Fsp3) is 0.474. The molecule has 2 aromatic rings. The van der Waals surface area contributed by atoms with Gasteiger partial charge in [0.1, 0.15) is 0 Å². The average Bonchev–Trinajstić information content (AvgIpc) is 3.16. The first-order chi connectivity index (χ1) is 12.1. The Balaban J connectivity index is 1.53. The molecule has 2 N–H and O–H groups in total.